The molecule has 1 heterocycles. The Morgan fingerprint density at radius 2 is 1.81 bits per heavy atom. The van der Waals surface area contributed by atoms with E-state index in [-0.39, 0.29) is 11.9 Å². The number of methoxy groups -OCH3 is 1. The second kappa shape index (κ2) is 8.94. The van der Waals surface area contributed by atoms with Gasteiger partial charge in [0.2, 0.25) is 0 Å². The van der Waals surface area contributed by atoms with Gasteiger partial charge in [-0.2, -0.15) is 0 Å². The van der Waals surface area contributed by atoms with E-state index in [9.17, 15) is 4.79 Å². The van der Waals surface area contributed by atoms with E-state index >= 15 is 0 Å². The molecule has 1 aliphatic rings. The van der Waals surface area contributed by atoms with E-state index in [4.69, 9.17) is 4.74 Å². The summed E-state index contributed by atoms with van der Waals surface area (Å²) in [6.45, 7) is 6.33. The first-order valence-electron chi connectivity index (χ1n) is 9.92. The molecule has 4 nitrogen and oxygen atoms in total. The predicted molar refractivity (Wildman–Crippen MR) is 111 cm³/mol. The van der Waals surface area contributed by atoms with Crippen LogP contribution in [-0.4, -0.2) is 26.1 Å². The highest BCUT2D eigenvalue weighted by atomic mass is 16.5. The van der Waals surface area contributed by atoms with Crippen molar-refractivity contribution in [2.24, 2.45) is 0 Å². The highest BCUT2D eigenvalue weighted by Crippen LogP contribution is 2.25. The van der Waals surface area contributed by atoms with Crippen LogP contribution in [0.4, 0.5) is 5.69 Å². The van der Waals surface area contributed by atoms with Crippen molar-refractivity contribution in [2.45, 2.75) is 45.6 Å². The Hall–Kier alpha value is -2.49. The highest BCUT2D eigenvalue weighted by molar-refractivity contribution is 5.94. The zero-order valence-corrected chi connectivity index (χ0v) is 16.6. The Morgan fingerprint density at radius 1 is 1.11 bits per heavy atom. The molecule has 3 rings (SSSR count). The van der Waals surface area contributed by atoms with Crippen molar-refractivity contribution in [3.63, 3.8) is 0 Å². The first kappa shape index (κ1) is 19.3. The lowest BCUT2D eigenvalue weighted by molar-refractivity contribution is 0.0935. The van der Waals surface area contributed by atoms with Crippen molar-refractivity contribution in [1.29, 1.82) is 0 Å². The van der Waals surface area contributed by atoms with Crippen LogP contribution in [0.5, 0.6) is 5.75 Å². The lowest BCUT2D eigenvalue weighted by Gasteiger charge is -2.28. The maximum Gasteiger partial charge on any atom is 0.251 e. The number of amides is 1. The molecule has 2 aromatic rings. The summed E-state index contributed by atoms with van der Waals surface area (Å²) < 4.78 is 5.33. The third-order valence-electron chi connectivity index (χ3n) is 5.39. The fraction of sp³-hybridized carbons (Fsp3) is 0.435. The van der Waals surface area contributed by atoms with E-state index in [0.29, 0.717) is 5.56 Å². The summed E-state index contributed by atoms with van der Waals surface area (Å²) in [6, 6.07) is 14.1. The molecule has 0 aromatic heterocycles. The predicted octanol–water partition coefficient (Wildman–Crippen LogP) is 4.88. The first-order valence-corrected chi connectivity index (χ1v) is 9.92. The number of rotatable bonds is 6. The summed E-state index contributed by atoms with van der Waals surface area (Å²) in [7, 11) is 1.68. The Bertz CT molecular complexity index is 764. The van der Waals surface area contributed by atoms with Crippen LogP contribution in [0.15, 0.2) is 42.5 Å². The molecule has 0 unspecified atom stereocenters. The van der Waals surface area contributed by atoms with Crippen LogP contribution in [0, 0.1) is 6.92 Å². The minimum Gasteiger partial charge on any atom is -0.496 e. The van der Waals surface area contributed by atoms with Gasteiger partial charge in [0, 0.05) is 24.3 Å². The van der Waals surface area contributed by atoms with Crippen molar-refractivity contribution < 1.29 is 9.53 Å². The molecule has 0 aliphatic carbocycles. The number of piperidine rings is 1. The lowest BCUT2D eigenvalue weighted by Crippen LogP contribution is -2.30. The van der Waals surface area contributed by atoms with E-state index in [1.165, 1.54) is 24.9 Å². The summed E-state index contributed by atoms with van der Waals surface area (Å²) in [5.41, 5.74) is 4.10. The average Bonchev–Trinajstić information content (AvgIpc) is 2.72. The van der Waals surface area contributed by atoms with Crippen LogP contribution < -0.4 is 15.0 Å². The fourth-order valence-corrected chi connectivity index (χ4v) is 3.76. The highest BCUT2D eigenvalue weighted by Gasteiger charge is 2.16. The number of anilines is 1. The molecule has 4 heteroatoms. The van der Waals surface area contributed by atoms with Crippen LogP contribution >= 0.6 is 0 Å². The molecule has 0 saturated carbocycles. The van der Waals surface area contributed by atoms with Gasteiger partial charge in [0.05, 0.1) is 13.2 Å². The summed E-state index contributed by atoms with van der Waals surface area (Å²) >= 11 is 0. The van der Waals surface area contributed by atoms with Gasteiger partial charge < -0.3 is 15.0 Å². The van der Waals surface area contributed by atoms with E-state index in [1.54, 1.807) is 7.11 Å². The summed E-state index contributed by atoms with van der Waals surface area (Å²) in [5.74, 6) is 0.841. The Morgan fingerprint density at radius 3 is 2.41 bits per heavy atom. The van der Waals surface area contributed by atoms with Gasteiger partial charge in [0.1, 0.15) is 5.75 Å². The zero-order valence-electron chi connectivity index (χ0n) is 16.6. The molecule has 1 N–H and O–H groups in total. The molecule has 2 aromatic carbocycles. The lowest BCUT2D eigenvalue weighted by atomic mass is 10.0. The number of ether oxygens (including phenoxy) is 1. The average molecular weight is 367 g/mol. The topological polar surface area (TPSA) is 41.6 Å². The Balaban J connectivity index is 1.68. The molecule has 1 atom stereocenters. The van der Waals surface area contributed by atoms with Crippen molar-refractivity contribution >= 4 is 11.6 Å². The minimum atomic E-state index is -0.0273. The zero-order chi connectivity index (χ0) is 19.2. The number of nitrogens with one attached hydrogen (secondary N) is 1. The van der Waals surface area contributed by atoms with Gasteiger partial charge in [-0.3, -0.25) is 4.79 Å². The number of aryl methyl sites for hydroxylation is 1. The van der Waals surface area contributed by atoms with Crippen LogP contribution in [-0.2, 0) is 0 Å². The standard InChI is InChI=1S/C23H30N2O2/c1-4-21(19-10-13-22(27-3)17(2)16-19)24-23(26)18-8-11-20(12-9-18)25-14-6-5-7-15-25/h8-13,16,21H,4-7,14-15H2,1-3H3,(H,24,26)/t21-/m1/s1. The molecular formula is C23H30N2O2. The summed E-state index contributed by atoms with van der Waals surface area (Å²) in [6.07, 6.45) is 4.66. The van der Waals surface area contributed by atoms with Crippen molar-refractivity contribution in [1.82, 2.24) is 5.32 Å². The van der Waals surface area contributed by atoms with Gasteiger partial charge in [0.25, 0.3) is 5.91 Å². The maximum absolute atomic E-state index is 12.7. The molecule has 0 spiro atoms. The van der Waals surface area contributed by atoms with E-state index < -0.39 is 0 Å². The number of nitrogens with zero attached hydrogens (tertiary/aromatic N) is 1. The summed E-state index contributed by atoms with van der Waals surface area (Å²) in [4.78, 5) is 15.1. The molecular weight excluding hydrogens is 336 g/mol. The monoisotopic (exact) mass is 366 g/mol. The molecule has 0 bridgehead atoms. The SMILES string of the molecule is CC[C@@H](NC(=O)c1ccc(N2CCCCC2)cc1)c1ccc(OC)c(C)c1. The molecule has 1 saturated heterocycles. The molecule has 0 radical (unpaired) electrons. The molecule has 1 amide bonds. The first-order chi connectivity index (χ1) is 13.1. The van der Waals surface area contributed by atoms with E-state index in [0.717, 1.165) is 36.4 Å². The quantitative estimate of drug-likeness (QED) is 0.792. The Labute approximate surface area is 162 Å². The van der Waals surface area contributed by atoms with Crippen molar-refractivity contribution in [3.05, 3.63) is 59.2 Å². The van der Waals surface area contributed by atoms with Gasteiger partial charge >= 0.3 is 0 Å². The van der Waals surface area contributed by atoms with Gasteiger partial charge in [-0.25, -0.2) is 0 Å². The second-order valence-corrected chi connectivity index (χ2v) is 7.26. The number of hydrogen-bond acceptors (Lipinski definition) is 3. The molecule has 1 aliphatic heterocycles. The van der Waals surface area contributed by atoms with Gasteiger partial charge in [0.15, 0.2) is 0 Å². The largest absolute Gasteiger partial charge is 0.496 e. The number of benzene rings is 2. The normalized spacial score (nSPS) is 15.3. The van der Waals surface area contributed by atoms with Crippen LogP contribution in [0.3, 0.4) is 0 Å². The van der Waals surface area contributed by atoms with Crippen LogP contribution in [0.25, 0.3) is 0 Å². The van der Waals surface area contributed by atoms with Crippen molar-refractivity contribution in [3.8, 4) is 5.75 Å². The van der Waals surface area contributed by atoms with Crippen molar-refractivity contribution in [2.75, 3.05) is 25.1 Å². The third-order valence-corrected chi connectivity index (χ3v) is 5.39. The maximum atomic E-state index is 12.7. The van der Waals surface area contributed by atoms with Gasteiger partial charge in [-0.1, -0.05) is 19.1 Å². The van der Waals surface area contributed by atoms with E-state index in [2.05, 4.69) is 35.3 Å². The Kier molecular flexibility index (Phi) is 6.38. The third kappa shape index (κ3) is 4.62. The van der Waals surface area contributed by atoms with Crippen LogP contribution in [0.1, 0.15) is 60.1 Å². The van der Waals surface area contributed by atoms with Gasteiger partial charge in [-0.05, 0) is 74.1 Å². The number of carbonyl (C=O) groups excluding carboxylic acids is 1. The van der Waals surface area contributed by atoms with Gasteiger partial charge in [-0.15, -0.1) is 0 Å². The van der Waals surface area contributed by atoms with Crippen LogP contribution in [0.2, 0.25) is 0 Å². The summed E-state index contributed by atoms with van der Waals surface area (Å²) in [5, 5.41) is 3.17. The van der Waals surface area contributed by atoms with E-state index in [1.807, 2.05) is 31.2 Å². The molecule has 144 valence electrons. The number of carbonyl (C=O) groups is 1. The number of hydrogen-bond donors (Lipinski definition) is 1. The molecule has 27 heavy (non-hydrogen) atoms. The fourth-order valence-electron chi connectivity index (χ4n) is 3.76. The molecule has 1 fully saturated rings. The minimum absolute atomic E-state index is 0.0103. The smallest absolute Gasteiger partial charge is 0.251 e. The second-order valence-electron chi connectivity index (χ2n) is 7.26.